The van der Waals surface area contributed by atoms with E-state index in [2.05, 4.69) is 10.6 Å². The molecule has 0 spiro atoms. The molecule has 3 atom stereocenters. The number of nitrogens with zero attached hydrogens (tertiary/aromatic N) is 2. The normalized spacial score (nSPS) is 19.2. The maximum Gasteiger partial charge on any atom is 0.318 e. The number of anilines is 1. The lowest BCUT2D eigenvalue weighted by molar-refractivity contribution is -0.118. The minimum absolute atomic E-state index is 0.0196. The molecule has 1 fully saturated rings. The number of nitrogens with one attached hydrogen (secondary N) is 2. The van der Waals surface area contributed by atoms with Gasteiger partial charge in [0.05, 0.1) is 0 Å². The number of fused-ring (bicyclic) bond motifs is 4. The molecular weight excluding hydrogens is 452 g/mol. The number of carbonyl (C=O) groups is 2. The summed E-state index contributed by atoms with van der Waals surface area (Å²) < 4.78 is 1.85. The monoisotopic (exact) mass is 484 g/mol. The highest BCUT2D eigenvalue weighted by molar-refractivity contribution is 5.97. The number of likely N-dealkylation sites (tertiary alicyclic amines) is 1. The number of hydrogen-bond donors (Lipinski definition) is 2. The number of benzene rings is 2. The fraction of sp³-hybridized carbons (Fsp3) is 0.345. The molecule has 1 aromatic heterocycles. The third kappa shape index (κ3) is 4.91. The molecule has 36 heavy (non-hydrogen) atoms. The average Bonchev–Trinajstić information content (AvgIpc) is 2.87. The van der Waals surface area contributed by atoms with Gasteiger partial charge < -0.3 is 20.1 Å². The van der Waals surface area contributed by atoms with Crippen LogP contribution in [0.25, 0.3) is 0 Å². The molecule has 0 aliphatic carbocycles. The third-order valence-corrected chi connectivity index (χ3v) is 7.53. The summed E-state index contributed by atoms with van der Waals surface area (Å²) in [4.78, 5) is 41.0. The number of urea groups is 1. The van der Waals surface area contributed by atoms with E-state index in [0.717, 1.165) is 34.5 Å². The fourth-order valence-electron chi connectivity index (χ4n) is 5.47. The molecule has 0 saturated carbocycles. The van der Waals surface area contributed by atoms with Gasteiger partial charge in [-0.05, 0) is 55.0 Å². The first-order chi connectivity index (χ1) is 17.4. The second-order valence-corrected chi connectivity index (χ2v) is 10.0. The zero-order valence-electron chi connectivity index (χ0n) is 20.7. The Bertz CT molecular complexity index is 1330. The number of piperidine rings is 1. The van der Waals surface area contributed by atoms with Crippen molar-refractivity contribution in [3.05, 3.63) is 99.5 Å². The van der Waals surface area contributed by atoms with E-state index >= 15 is 0 Å². The van der Waals surface area contributed by atoms with Crippen LogP contribution in [0.1, 0.15) is 34.7 Å². The summed E-state index contributed by atoms with van der Waals surface area (Å²) in [7, 11) is 0. The molecule has 2 N–H and O–H groups in total. The Balaban J connectivity index is 1.34. The topological polar surface area (TPSA) is 83.4 Å². The lowest BCUT2D eigenvalue weighted by Gasteiger charge is -2.43. The van der Waals surface area contributed by atoms with Gasteiger partial charge in [-0.3, -0.25) is 9.59 Å². The van der Waals surface area contributed by atoms with E-state index in [9.17, 15) is 14.4 Å². The fourth-order valence-corrected chi connectivity index (χ4v) is 5.47. The first-order valence-corrected chi connectivity index (χ1v) is 12.5. The molecule has 2 bridgehead atoms. The van der Waals surface area contributed by atoms with Crippen LogP contribution in [0.4, 0.5) is 10.5 Å². The van der Waals surface area contributed by atoms with Gasteiger partial charge in [-0.25, -0.2) is 4.79 Å². The van der Waals surface area contributed by atoms with Crippen molar-refractivity contribution >= 4 is 17.6 Å². The summed E-state index contributed by atoms with van der Waals surface area (Å²) in [5, 5.41) is 6.05. The van der Waals surface area contributed by atoms with Crippen molar-refractivity contribution in [2.45, 2.75) is 45.2 Å². The molecule has 3 heterocycles. The SMILES string of the molecule is Cc1cccc(NC(=O)[C@H](Cc2ccccc2)NC(=O)N2C[C@H]3C[C@@H](C2)c2cccc(=O)n2C3)c1C. The van der Waals surface area contributed by atoms with Gasteiger partial charge in [-0.15, -0.1) is 0 Å². The molecule has 0 unspecified atom stereocenters. The van der Waals surface area contributed by atoms with Gasteiger partial charge in [0.25, 0.3) is 5.56 Å². The van der Waals surface area contributed by atoms with Gasteiger partial charge >= 0.3 is 6.03 Å². The molecule has 0 radical (unpaired) electrons. The number of rotatable bonds is 5. The molecule has 5 rings (SSSR count). The minimum Gasteiger partial charge on any atom is -0.326 e. The van der Waals surface area contributed by atoms with Crippen molar-refractivity contribution in [3.63, 3.8) is 0 Å². The molecule has 7 nitrogen and oxygen atoms in total. The smallest absolute Gasteiger partial charge is 0.318 e. The standard InChI is InChI=1S/C29H32N4O3/c1-19-8-6-11-24(20(19)2)30-28(35)25(15-21-9-4-3-5-10-21)31-29(36)32-16-22-14-23(18-32)26-12-7-13-27(34)33(26)17-22/h3-13,22-23,25H,14-18H2,1-2H3,(H,30,35)(H,31,36)/t22-,23+,25+/m1/s1. The van der Waals surface area contributed by atoms with Gasteiger partial charge in [0, 0.05) is 49.4 Å². The van der Waals surface area contributed by atoms with Gasteiger partial charge in [0.2, 0.25) is 5.91 Å². The lowest BCUT2D eigenvalue weighted by atomic mass is 9.83. The number of amides is 3. The summed E-state index contributed by atoms with van der Waals surface area (Å²) in [6.45, 7) is 5.71. The lowest BCUT2D eigenvalue weighted by Crippen LogP contribution is -2.55. The number of carbonyl (C=O) groups excluding carboxylic acids is 2. The van der Waals surface area contributed by atoms with Crippen molar-refractivity contribution in [2.75, 3.05) is 18.4 Å². The molecular formula is C29H32N4O3. The number of hydrogen-bond acceptors (Lipinski definition) is 3. The van der Waals surface area contributed by atoms with Crippen molar-refractivity contribution in [2.24, 2.45) is 5.92 Å². The zero-order valence-corrected chi connectivity index (χ0v) is 20.7. The van der Waals surface area contributed by atoms with Crippen molar-refractivity contribution < 1.29 is 9.59 Å². The summed E-state index contributed by atoms with van der Waals surface area (Å²) >= 11 is 0. The van der Waals surface area contributed by atoms with Crippen LogP contribution in [0.5, 0.6) is 0 Å². The molecule has 3 aromatic rings. The van der Waals surface area contributed by atoms with Crippen molar-refractivity contribution in [1.29, 1.82) is 0 Å². The van der Waals surface area contributed by atoms with E-state index in [1.54, 1.807) is 12.1 Å². The van der Waals surface area contributed by atoms with Gasteiger partial charge in [0.15, 0.2) is 0 Å². The van der Waals surface area contributed by atoms with Crippen LogP contribution in [0.15, 0.2) is 71.5 Å². The Morgan fingerprint density at radius 1 is 0.944 bits per heavy atom. The zero-order chi connectivity index (χ0) is 25.2. The van der Waals surface area contributed by atoms with E-state index in [1.165, 1.54) is 0 Å². The summed E-state index contributed by atoms with van der Waals surface area (Å²) in [5.41, 5.74) is 4.84. The van der Waals surface area contributed by atoms with Crippen LogP contribution in [0.2, 0.25) is 0 Å². The predicted molar refractivity (Wildman–Crippen MR) is 140 cm³/mol. The highest BCUT2D eigenvalue weighted by Gasteiger charge is 2.37. The minimum atomic E-state index is -0.725. The van der Waals surface area contributed by atoms with E-state index in [1.807, 2.05) is 77.9 Å². The van der Waals surface area contributed by atoms with Crippen molar-refractivity contribution in [1.82, 2.24) is 14.8 Å². The largest absolute Gasteiger partial charge is 0.326 e. The number of pyridine rings is 1. The molecule has 186 valence electrons. The second kappa shape index (κ2) is 10.0. The number of aryl methyl sites for hydroxylation is 1. The van der Waals surface area contributed by atoms with Crippen LogP contribution in [-0.4, -0.2) is 40.5 Å². The maximum absolute atomic E-state index is 13.5. The quantitative estimate of drug-likeness (QED) is 0.577. The van der Waals surface area contributed by atoms with E-state index in [0.29, 0.717) is 26.1 Å². The predicted octanol–water partition coefficient (Wildman–Crippen LogP) is 3.84. The Morgan fingerprint density at radius 3 is 2.53 bits per heavy atom. The first-order valence-electron chi connectivity index (χ1n) is 12.5. The maximum atomic E-state index is 13.5. The summed E-state index contributed by atoms with van der Waals surface area (Å²) in [5.74, 6) is 0.0990. The van der Waals surface area contributed by atoms with Gasteiger partial charge in [-0.2, -0.15) is 0 Å². The Hall–Kier alpha value is -3.87. The molecule has 2 aromatic carbocycles. The molecule has 1 saturated heterocycles. The van der Waals surface area contributed by atoms with E-state index < -0.39 is 6.04 Å². The highest BCUT2D eigenvalue weighted by Crippen LogP contribution is 2.35. The molecule has 3 amide bonds. The van der Waals surface area contributed by atoms with Crippen LogP contribution in [-0.2, 0) is 17.8 Å². The number of aromatic nitrogens is 1. The second-order valence-electron chi connectivity index (χ2n) is 10.0. The van der Waals surface area contributed by atoms with Crippen LogP contribution >= 0.6 is 0 Å². The summed E-state index contributed by atoms with van der Waals surface area (Å²) in [6.07, 6.45) is 1.36. The van der Waals surface area contributed by atoms with Gasteiger partial charge in [-0.1, -0.05) is 48.5 Å². The Kier molecular flexibility index (Phi) is 6.63. The van der Waals surface area contributed by atoms with Crippen molar-refractivity contribution in [3.8, 4) is 0 Å². The Labute approximate surface area is 211 Å². The van der Waals surface area contributed by atoms with E-state index in [-0.39, 0.29) is 29.3 Å². The Morgan fingerprint density at radius 2 is 1.72 bits per heavy atom. The average molecular weight is 485 g/mol. The molecule has 7 heteroatoms. The summed E-state index contributed by atoms with van der Waals surface area (Å²) in [6, 6.07) is 19.9. The van der Waals surface area contributed by atoms with Gasteiger partial charge in [0.1, 0.15) is 6.04 Å². The first kappa shape index (κ1) is 23.9. The third-order valence-electron chi connectivity index (χ3n) is 7.53. The molecule has 2 aliphatic heterocycles. The highest BCUT2D eigenvalue weighted by atomic mass is 16.2. The van der Waals surface area contributed by atoms with E-state index in [4.69, 9.17) is 0 Å². The van der Waals surface area contributed by atoms with Crippen LogP contribution in [0, 0.1) is 19.8 Å². The molecule has 2 aliphatic rings. The van der Waals surface area contributed by atoms with Crippen LogP contribution in [0.3, 0.4) is 0 Å². The van der Waals surface area contributed by atoms with Crippen LogP contribution < -0.4 is 16.2 Å².